The summed E-state index contributed by atoms with van der Waals surface area (Å²) in [5, 5.41) is 3.07. The number of likely N-dealkylation sites (N-methyl/N-ethyl adjacent to an activating group) is 1. The number of likely N-dealkylation sites (tertiary alicyclic amines) is 2. The first-order valence-electron chi connectivity index (χ1n) is 14.2. The van der Waals surface area contributed by atoms with Gasteiger partial charge in [-0.05, 0) is 64.8 Å². The molecule has 9 nitrogen and oxygen atoms in total. The number of nitrogens with one attached hydrogen (secondary N) is 1. The molecule has 0 aromatic carbocycles. The van der Waals surface area contributed by atoms with E-state index in [1.165, 1.54) is 7.11 Å². The summed E-state index contributed by atoms with van der Waals surface area (Å²) in [6.45, 7) is 15.2. The average Bonchev–Trinajstić information content (AvgIpc) is 3.37. The van der Waals surface area contributed by atoms with E-state index in [0.29, 0.717) is 18.5 Å². The largest absolute Gasteiger partial charge is 0.467 e. The van der Waals surface area contributed by atoms with Crippen LogP contribution >= 0.6 is 0 Å². The Morgan fingerprint density at radius 3 is 2.11 bits per heavy atom. The van der Waals surface area contributed by atoms with Gasteiger partial charge in [-0.3, -0.25) is 19.3 Å². The maximum atomic E-state index is 13.8. The molecule has 2 heterocycles. The molecule has 4 atom stereocenters. The molecule has 0 aromatic rings. The molecular formula is C29H50N4O5. The molecular weight excluding hydrogens is 484 g/mol. The molecule has 0 bridgehead atoms. The van der Waals surface area contributed by atoms with Crippen LogP contribution in [0.5, 0.6) is 0 Å². The zero-order chi connectivity index (χ0) is 28.7. The summed E-state index contributed by atoms with van der Waals surface area (Å²) in [6, 6.07) is -1.57. The van der Waals surface area contributed by atoms with E-state index in [4.69, 9.17) is 4.74 Å². The van der Waals surface area contributed by atoms with Crippen LogP contribution in [0.2, 0.25) is 0 Å². The van der Waals surface area contributed by atoms with Crippen molar-refractivity contribution in [2.24, 2.45) is 11.8 Å². The Kier molecular flexibility index (Phi) is 11.8. The third-order valence-corrected chi connectivity index (χ3v) is 7.96. The maximum absolute atomic E-state index is 13.8. The van der Waals surface area contributed by atoms with Crippen molar-refractivity contribution in [3.05, 3.63) is 11.6 Å². The van der Waals surface area contributed by atoms with Gasteiger partial charge in [0.2, 0.25) is 17.7 Å². The van der Waals surface area contributed by atoms with E-state index < -0.39 is 18.1 Å². The highest BCUT2D eigenvalue weighted by Crippen LogP contribution is 2.24. The van der Waals surface area contributed by atoms with Gasteiger partial charge in [-0.25, -0.2) is 4.79 Å². The van der Waals surface area contributed by atoms with Gasteiger partial charge < -0.3 is 19.9 Å². The predicted molar refractivity (Wildman–Crippen MR) is 148 cm³/mol. The lowest BCUT2D eigenvalue weighted by Crippen LogP contribution is -2.58. The van der Waals surface area contributed by atoms with E-state index in [-0.39, 0.29) is 47.7 Å². The monoisotopic (exact) mass is 534 g/mol. The molecule has 2 fully saturated rings. The van der Waals surface area contributed by atoms with Crippen molar-refractivity contribution in [3.63, 3.8) is 0 Å². The number of piperidine rings is 1. The van der Waals surface area contributed by atoms with Crippen molar-refractivity contribution in [2.75, 3.05) is 27.2 Å². The molecule has 2 aliphatic rings. The molecule has 38 heavy (non-hydrogen) atoms. The SMILES string of the molecule is COC(=O)[C@@H]1CCCN1C(=O)/C(C)=C/[C@H](C(C)C)N(C)C(=O)[C@@H](NC(=O)C1CCCCN1C(C)C)C(C)C. The van der Waals surface area contributed by atoms with Crippen LogP contribution in [0.3, 0.4) is 0 Å². The van der Waals surface area contributed by atoms with Crippen molar-refractivity contribution in [1.29, 1.82) is 0 Å². The molecule has 0 spiro atoms. The van der Waals surface area contributed by atoms with Crippen LogP contribution in [0, 0.1) is 11.8 Å². The fourth-order valence-corrected chi connectivity index (χ4v) is 5.68. The van der Waals surface area contributed by atoms with Crippen molar-refractivity contribution >= 4 is 23.7 Å². The van der Waals surface area contributed by atoms with Crippen LogP contribution in [-0.4, -0.2) is 95.8 Å². The Morgan fingerprint density at radius 1 is 0.921 bits per heavy atom. The van der Waals surface area contributed by atoms with Gasteiger partial charge >= 0.3 is 5.97 Å². The highest BCUT2D eigenvalue weighted by Gasteiger charge is 2.38. The number of carbonyl (C=O) groups is 4. The number of carbonyl (C=O) groups excluding carboxylic acids is 4. The van der Waals surface area contributed by atoms with E-state index in [9.17, 15) is 19.2 Å². The average molecular weight is 535 g/mol. The highest BCUT2D eigenvalue weighted by molar-refractivity contribution is 5.96. The normalized spacial score (nSPS) is 22.5. The summed E-state index contributed by atoms with van der Waals surface area (Å²) in [4.78, 5) is 58.0. The fourth-order valence-electron chi connectivity index (χ4n) is 5.68. The summed E-state index contributed by atoms with van der Waals surface area (Å²) in [7, 11) is 3.07. The lowest BCUT2D eigenvalue weighted by atomic mass is 9.95. The number of hydrogen-bond donors (Lipinski definition) is 1. The zero-order valence-corrected chi connectivity index (χ0v) is 25.0. The Labute approximate surface area is 229 Å². The lowest BCUT2D eigenvalue weighted by Gasteiger charge is -2.39. The van der Waals surface area contributed by atoms with Crippen LogP contribution < -0.4 is 5.32 Å². The molecule has 0 radical (unpaired) electrons. The minimum absolute atomic E-state index is 0.0278. The first-order valence-corrected chi connectivity index (χ1v) is 14.2. The van der Waals surface area contributed by atoms with Gasteiger partial charge in [-0.15, -0.1) is 0 Å². The molecule has 0 aromatic heterocycles. The molecule has 2 aliphatic heterocycles. The second-order valence-corrected chi connectivity index (χ2v) is 11.8. The second-order valence-electron chi connectivity index (χ2n) is 11.8. The predicted octanol–water partition coefficient (Wildman–Crippen LogP) is 2.98. The van der Waals surface area contributed by atoms with Gasteiger partial charge in [0, 0.05) is 25.2 Å². The molecule has 2 saturated heterocycles. The van der Waals surface area contributed by atoms with Crippen LogP contribution in [0.4, 0.5) is 0 Å². The summed E-state index contributed by atoms with van der Waals surface area (Å²) >= 11 is 0. The number of hydrogen-bond acceptors (Lipinski definition) is 6. The highest BCUT2D eigenvalue weighted by atomic mass is 16.5. The minimum atomic E-state index is -0.670. The molecule has 216 valence electrons. The van der Waals surface area contributed by atoms with E-state index in [0.717, 1.165) is 32.2 Å². The van der Waals surface area contributed by atoms with Crippen molar-refractivity contribution in [1.82, 2.24) is 20.0 Å². The van der Waals surface area contributed by atoms with E-state index in [1.54, 1.807) is 23.8 Å². The summed E-state index contributed by atoms with van der Waals surface area (Å²) in [6.07, 6.45) is 6.02. The molecule has 0 saturated carbocycles. The first-order chi connectivity index (χ1) is 17.8. The van der Waals surface area contributed by atoms with Gasteiger partial charge in [-0.1, -0.05) is 40.2 Å². The number of nitrogens with zero attached hydrogens (tertiary/aromatic N) is 3. The van der Waals surface area contributed by atoms with E-state index in [1.807, 2.05) is 33.8 Å². The lowest BCUT2D eigenvalue weighted by molar-refractivity contribution is -0.149. The summed E-state index contributed by atoms with van der Waals surface area (Å²) < 4.78 is 4.88. The number of ether oxygens (including phenoxy) is 1. The third-order valence-electron chi connectivity index (χ3n) is 7.96. The van der Waals surface area contributed by atoms with Gasteiger partial charge in [0.25, 0.3) is 0 Å². The number of methoxy groups -OCH3 is 1. The van der Waals surface area contributed by atoms with E-state index in [2.05, 4.69) is 24.1 Å². The third kappa shape index (κ3) is 7.58. The standard InChI is InChI=1S/C29H50N4O5/c1-18(2)24(17-21(7)27(35)33-16-12-14-23(33)29(37)38-9)31(8)28(36)25(19(3)4)30-26(34)22-13-10-11-15-32(22)20(5)6/h17-20,22-25H,10-16H2,1-9H3,(H,30,34)/b21-17+/t22?,23-,24+,25-/m0/s1. The topological polar surface area (TPSA) is 99.3 Å². The Morgan fingerprint density at radius 2 is 1.55 bits per heavy atom. The number of esters is 1. The molecule has 2 rings (SSSR count). The van der Waals surface area contributed by atoms with Crippen LogP contribution in [-0.2, 0) is 23.9 Å². The van der Waals surface area contributed by atoms with Crippen molar-refractivity contribution < 1.29 is 23.9 Å². The van der Waals surface area contributed by atoms with Crippen LogP contribution in [0.25, 0.3) is 0 Å². The Bertz CT molecular complexity index is 884. The van der Waals surface area contributed by atoms with Crippen molar-refractivity contribution in [2.45, 2.75) is 111 Å². The van der Waals surface area contributed by atoms with E-state index >= 15 is 0 Å². The molecule has 1 N–H and O–H groups in total. The van der Waals surface area contributed by atoms with Gasteiger partial charge in [-0.2, -0.15) is 0 Å². The smallest absolute Gasteiger partial charge is 0.328 e. The maximum Gasteiger partial charge on any atom is 0.328 e. The van der Waals surface area contributed by atoms with Crippen molar-refractivity contribution in [3.8, 4) is 0 Å². The molecule has 9 heteroatoms. The first kappa shape index (κ1) is 31.8. The summed E-state index contributed by atoms with van der Waals surface area (Å²) in [5.74, 6) is -0.964. The minimum Gasteiger partial charge on any atom is -0.467 e. The summed E-state index contributed by atoms with van der Waals surface area (Å²) in [5.41, 5.74) is 0.485. The van der Waals surface area contributed by atoms with Gasteiger partial charge in [0.05, 0.1) is 19.2 Å². The van der Waals surface area contributed by atoms with Gasteiger partial charge in [0.15, 0.2) is 0 Å². The Balaban J connectivity index is 2.21. The number of amides is 3. The quantitative estimate of drug-likeness (QED) is 0.342. The second kappa shape index (κ2) is 14.1. The molecule has 1 unspecified atom stereocenters. The zero-order valence-electron chi connectivity index (χ0n) is 25.0. The number of rotatable bonds is 10. The van der Waals surface area contributed by atoms with Crippen LogP contribution in [0.1, 0.15) is 80.6 Å². The van der Waals surface area contributed by atoms with Crippen LogP contribution in [0.15, 0.2) is 11.6 Å². The van der Waals surface area contributed by atoms with Gasteiger partial charge in [0.1, 0.15) is 12.1 Å². The molecule has 0 aliphatic carbocycles. The Hall–Kier alpha value is -2.42. The molecule has 3 amide bonds. The fraction of sp³-hybridized carbons (Fsp3) is 0.793.